The van der Waals surface area contributed by atoms with Gasteiger partial charge in [0, 0.05) is 18.3 Å². The third-order valence-corrected chi connectivity index (χ3v) is 4.23. The number of carbonyl (C=O) groups excluding carboxylic acids is 1. The molecule has 1 aromatic heterocycles. The summed E-state index contributed by atoms with van der Waals surface area (Å²) in [6, 6.07) is -0.521. The van der Waals surface area contributed by atoms with Gasteiger partial charge < -0.3 is 25.2 Å². The molecule has 128 valence electrons. The Bertz CT molecular complexity index is 678. The van der Waals surface area contributed by atoms with Crippen LogP contribution in [0, 0.1) is 6.92 Å². The standard InChI is InChI=1S/C12H19N4O6P/c1-7-3-15(12(19)14-11(7)13)5-10(18)16-4-9(22-23(20)21)2-8(16)6-17/h3,8-9,17,23H,2,4-6H2,1H3,(H,20,21)(H2,13,14,19)/t8-,9+/m0/s1. The number of carbonyl (C=O) groups is 1. The highest BCUT2D eigenvalue weighted by Crippen LogP contribution is 2.28. The van der Waals surface area contributed by atoms with Gasteiger partial charge in [0.2, 0.25) is 5.91 Å². The van der Waals surface area contributed by atoms with E-state index in [0.717, 1.165) is 4.57 Å². The lowest BCUT2D eigenvalue weighted by Crippen LogP contribution is -2.41. The highest BCUT2D eigenvalue weighted by Gasteiger charge is 2.36. The molecule has 1 aliphatic heterocycles. The number of nitrogen functional groups attached to an aromatic ring is 1. The number of hydrogen-bond donors (Lipinski definition) is 3. The maximum atomic E-state index is 12.4. The molecule has 1 amide bonds. The van der Waals surface area contributed by atoms with Gasteiger partial charge in [-0.2, -0.15) is 4.98 Å². The quantitative estimate of drug-likeness (QED) is 0.545. The molecule has 23 heavy (non-hydrogen) atoms. The molecular weight excluding hydrogens is 327 g/mol. The monoisotopic (exact) mass is 346 g/mol. The van der Waals surface area contributed by atoms with Crippen molar-refractivity contribution in [3.05, 3.63) is 22.2 Å². The van der Waals surface area contributed by atoms with E-state index in [9.17, 15) is 19.3 Å². The van der Waals surface area contributed by atoms with Crippen molar-refractivity contribution in [3.63, 3.8) is 0 Å². The van der Waals surface area contributed by atoms with Crippen molar-refractivity contribution in [2.24, 2.45) is 0 Å². The molecule has 1 fully saturated rings. The lowest BCUT2D eigenvalue weighted by atomic mass is 10.2. The normalized spacial score (nSPS) is 22.3. The Morgan fingerprint density at radius 2 is 2.30 bits per heavy atom. The second-order valence-corrected chi connectivity index (χ2v) is 6.11. The maximum absolute atomic E-state index is 12.4. The molecule has 0 radical (unpaired) electrons. The number of rotatable bonds is 5. The van der Waals surface area contributed by atoms with Crippen molar-refractivity contribution in [1.82, 2.24) is 14.5 Å². The van der Waals surface area contributed by atoms with Gasteiger partial charge in [-0.25, -0.2) is 4.79 Å². The molecule has 1 aliphatic rings. The van der Waals surface area contributed by atoms with Crippen LogP contribution in [-0.4, -0.2) is 55.7 Å². The molecule has 0 aromatic carbocycles. The predicted octanol–water partition coefficient (Wildman–Crippen LogP) is -1.51. The van der Waals surface area contributed by atoms with Crippen LogP contribution in [0.1, 0.15) is 12.0 Å². The molecule has 11 heteroatoms. The molecule has 1 unspecified atom stereocenters. The topological polar surface area (TPSA) is 148 Å². The van der Waals surface area contributed by atoms with Crippen molar-refractivity contribution < 1.29 is 23.9 Å². The van der Waals surface area contributed by atoms with E-state index in [4.69, 9.17) is 15.2 Å². The first kappa shape index (κ1) is 17.6. The van der Waals surface area contributed by atoms with Crippen LogP contribution in [0.4, 0.5) is 5.82 Å². The van der Waals surface area contributed by atoms with E-state index in [1.807, 2.05) is 0 Å². The fraction of sp³-hybridized carbons (Fsp3) is 0.583. The Morgan fingerprint density at radius 1 is 1.61 bits per heavy atom. The lowest BCUT2D eigenvalue weighted by Gasteiger charge is -2.23. The number of aliphatic hydroxyl groups is 1. The van der Waals surface area contributed by atoms with Crippen LogP contribution < -0.4 is 11.4 Å². The number of hydrogen-bond acceptors (Lipinski definition) is 7. The molecule has 0 bridgehead atoms. The average Bonchev–Trinajstić information content (AvgIpc) is 2.86. The number of aryl methyl sites for hydroxylation is 1. The van der Waals surface area contributed by atoms with Crippen LogP contribution in [-0.2, 0) is 20.4 Å². The number of amides is 1. The highest BCUT2D eigenvalue weighted by molar-refractivity contribution is 7.32. The molecule has 2 rings (SSSR count). The van der Waals surface area contributed by atoms with Crippen molar-refractivity contribution in [2.75, 3.05) is 18.9 Å². The van der Waals surface area contributed by atoms with E-state index in [1.165, 1.54) is 11.1 Å². The summed E-state index contributed by atoms with van der Waals surface area (Å²) >= 11 is 0. The molecular formula is C12H19N4O6P. The molecule has 1 saturated heterocycles. The Labute approximate surface area is 132 Å². The smallest absolute Gasteiger partial charge is 0.349 e. The summed E-state index contributed by atoms with van der Waals surface area (Å²) < 4.78 is 16.7. The Balaban J connectivity index is 2.12. The number of likely N-dealkylation sites (tertiary alicyclic amines) is 1. The zero-order valence-electron chi connectivity index (χ0n) is 12.5. The summed E-state index contributed by atoms with van der Waals surface area (Å²) in [5, 5.41) is 9.36. The van der Waals surface area contributed by atoms with Gasteiger partial charge in [-0.3, -0.25) is 13.9 Å². The first-order valence-corrected chi connectivity index (χ1v) is 8.21. The maximum Gasteiger partial charge on any atom is 0.349 e. The molecule has 1 aromatic rings. The van der Waals surface area contributed by atoms with Crippen molar-refractivity contribution in [1.29, 1.82) is 0 Å². The zero-order valence-corrected chi connectivity index (χ0v) is 13.5. The third-order valence-electron chi connectivity index (χ3n) is 3.70. The summed E-state index contributed by atoms with van der Waals surface area (Å²) in [5.74, 6) is -0.310. The van der Waals surface area contributed by atoms with Gasteiger partial charge in [0.05, 0.1) is 18.8 Å². The molecule has 10 nitrogen and oxygen atoms in total. The van der Waals surface area contributed by atoms with Crippen molar-refractivity contribution >= 4 is 20.0 Å². The van der Waals surface area contributed by atoms with Crippen molar-refractivity contribution in [3.8, 4) is 0 Å². The van der Waals surface area contributed by atoms with E-state index >= 15 is 0 Å². The van der Waals surface area contributed by atoms with Gasteiger partial charge in [-0.15, -0.1) is 0 Å². The molecule has 2 heterocycles. The minimum atomic E-state index is -3.12. The fourth-order valence-corrected chi connectivity index (χ4v) is 3.00. The Hall–Kier alpha value is -1.74. The van der Waals surface area contributed by atoms with Gasteiger partial charge in [0.25, 0.3) is 0 Å². The number of nitrogens with two attached hydrogens (primary N) is 1. The molecule has 0 saturated carbocycles. The highest BCUT2D eigenvalue weighted by atomic mass is 31.1. The second-order valence-electron chi connectivity index (χ2n) is 5.34. The van der Waals surface area contributed by atoms with Crippen LogP contribution in [0.3, 0.4) is 0 Å². The molecule has 4 N–H and O–H groups in total. The van der Waals surface area contributed by atoms with E-state index in [2.05, 4.69) is 4.98 Å². The van der Waals surface area contributed by atoms with Gasteiger partial charge in [-0.05, 0) is 13.3 Å². The number of aliphatic hydroxyl groups excluding tert-OH is 1. The van der Waals surface area contributed by atoms with Gasteiger partial charge in [-0.1, -0.05) is 0 Å². The summed E-state index contributed by atoms with van der Waals surface area (Å²) in [6.45, 7) is 1.19. The van der Waals surface area contributed by atoms with Crippen LogP contribution in [0.2, 0.25) is 0 Å². The van der Waals surface area contributed by atoms with Crippen LogP contribution in [0.25, 0.3) is 0 Å². The number of nitrogens with zero attached hydrogens (tertiary/aromatic N) is 3. The first-order chi connectivity index (χ1) is 10.8. The lowest BCUT2D eigenvalue weighted by molar-refractivity contribution is -0.133. The van der Waals surface area contributed by atoms with E-state index in [-0.39, 0.29) is 31.9 Å². The summed E-state index contributed by atoms with van der Waals surface area (Å²) in [7, 11) is -3.12. The van der Waals surface area contributed by atoms with Crippen LogP contribution in [0.5, 0.6) is 0 Å². The second kappa shape index (κ2) is 7.22. The number of anilines is 1. The van der Waals surface area contributed by atoms with Gasteiger partial charge in [0.15, 0.2) is 0 Å². The van der Waals surface area contributed by atoms with Gasteiger partial charge in [0.1, 0.15) is 12.4 Å². The third kappa shape index (κ3) is 4.17. The first-order valence-electron chi connectivity index (χ1n) is 6.95. The predicted molar refractivity (Wildman–Crippen MR) is 80.9 cm³/mol. The SMILES string of the molecule is Cc1cn(CC(=O)N2C[C@H](O[PH](=O)O)C[C@H]2CO)c(=O)nc1N. The fourth-order valence-electron chi connectivity index (χ4n) is 2.54. The summed E-state index contributed by atoms with van der Waals surface area (Å²) in [6.07, 6.45) is 1.08. The minimum absolute atomic E-state index is 0.0805. The van der Waals surface area contributed by atoms with Gasteiger partial charge >= 0.3 is 13.9 Å². The average molecular weight is 346 g/mol. The molecule has 0 aliphatic carbocycles. The van der Waals surface area contributed by atoms with Crippen LogP contribution in [0.15, 0.2) is 11.0 Å². The number of aromatic nitrogens is 2. The van der Waals surface area contributed by atoms with E-state index in [0.29, 0.717) is 5.56 Å². The largest absolute Gasteiger partial charge is 0.394 e. The summed E-state index contributed by atoms with van der Waals surface area (Å²) in [4.78, 5) is 37.9. The zero-order chi connectivity index (χ0) is 17.1. The Kier molecular flexibility index (Phi) is 5.53. The van der Waals surface area contributed by atoms with E-state index < -0.39 is 32.0 Å². The molecule has 3 atom stereocenters. The van der Waals surface area contributed by atoms with E-state index in [1.54, 1.807) is 6.92 Å². The minimum Gasteiger partial charge on any atom is -0.394 e. The molecule has 0 spiro atoms. The summed E-state index contributed by atoms with van der Waals surface area (Å²) in [5.41, 5.74) is 5.45. The van der Waals surface area contributed by atoms with Crippen LogP contribution >= 0.6 is 8.25 Å². The Morgan fingerprint density at radius 3 is 2.91 bits per heavy atom. The van der Waals surface area contributed by atoms with Crippen molar-refractivity contribution in [2.45, 2.75) is 32.0 Å².